The normalized spacial score (nSPS) is 19.4. The van der Waals surface area contributed by atoms with Gasteiger partial charge in [-0.05, 0) is 38.8 Å². The van der Waals surface area contributed by atoms with Gasteiger partial charge in [0.05, 0.1) is 48.9 Å². The summed E-state index contributed by atoms with van der Waals surface area (Å²) in [5.74, 6) is 0.153. The van der Waals surface area contributed by atoms with Crippen LogP contribution in [0.5, 0.6) is 0 Å². The van der Waals surface area contributed by atoms with Crippen LogP contribution >= 0.6 is 11.8 Å². The first kappa shape index (κ1) is 18.5. The monoisotopic (exact) mass is 387 g/mol. The number of carbonyl (C=O) groups excluding carboxylic acids is 1. The Kier molecular flexibility index (Phi) is 5.23. The van der Waals surface area contributed by atoms with Crippen molar-refractivity contribution in [2.75, 3.05) is 32.7 Å². The molecular weight excluding hydrogens is 360 g/mol. The van der Waals surface area contributed by atoms with Gasteiger partial charge in [0.25, 0.3) is 5.56 Å². The van der Waals surface area contributed by atoms with Crippen LogP contribution in [0.4, 0.5) is 0 Å². The Hall–Kier alpha value is -1.86. The lowest BCUT2D eigenvalue weighted by molar-refractivity contribution is -0.902. The minimum atomic E-state index is -0.244. The fourth-order valence-electron chi connectivity index (χ4n) is 3.73. The molecule has 144 valence electrons. The Labute approximate surface area is 163 Å². The van der Waals surface area contributed by atoms with Crippen molar-refractivity contribution >= 4 is 28.6 Å². The second-order valence-corrected chi connectivity index (χ2v) is 8.81. The number of piperazine rings is 1. The summed E-state index contributed by atoms with van der Waals surface area (Å²) >= 11 is 1.43. The van der Waals surface area contributed by atoms with Gasteiger partial charge in [0.1, 0.15) is 0 Å². The summed E-state index contributed by atoms with van der Waals surface area (Å²) in [5.41, 5.74) is 0.729. The zero-order valence-electron chi connectivity index (χ0n) is 16.0. The molecule has 0 bridgehead atoms. The first-order valence-corrected chi connectivity index (χ1v) is 10.8. The number of nitrogens with one attached hydrogen (secondary N) is 1. The van der Waals surface area contributed by atoms with Crippen LogP contribution in [0.2, 0.25) is 0 Å². The van der Waals surface area contributed by atoms with Crippen LogP contribution in [0.25, 0.3) is 10.9 Å². The number of benzene rings is 1. The third kappa shape index (κ3) is 3.75. The summed E-state index contributed by atoms with van der Waals surface area (Å²) in [6, 6.07) is 7.71. The number of hydrogen-bond donors (Lipinski definition) is 1. The summed E-state index contributed by atoms with van der Waals surface area (Å²) in [6.07, 6.45) is 2.02. The van der Waals surface area contributed by atoms with Crippen molar-refractivity contribution in [1.82, 2.24) is 14.5 Å². The van der Waals surface area contributed by atoms with Gasteiger partial charge in [0.2, 0.25) is 5.91 Å². The molecule has 0 radical (unpaired) electrons. The van der Waals surface area contributed by atoms with Gasteiger partial charge >= 0.3 is 0 Å². The fraction of sp³-hybridized carbons (Fsp3) is 0.550. The van der Waals surface area contributed by atoms with E-state index < -0.39 is 0 Å². The standard InChI is InChI=1S/C20H26N4O2S/c1-3-22-10-12-23(13-11-22)18(25)14(2)27-20-21-17-7-5-4-6-16(17)19(26)24(20)15-8-9-15/h4-7,14-15H,3,8-13H2,1-2H3/p+1/t14-/m0/s1. The molecule has 1 N–H and O–H groups in total. The topological polar surface area (TPSA) is 59.6 Å². The Morgan fingerprint density at radius 1 is 1.30 bits per heavy atom. The number of para-hydroxylation sites is 1. The van der Waals surface area contributed by atoms with E-state index in [1.807, 2.05) is 40.7 Å². The molecule has 1 saturated heterocycles. The maximum absolute atomic E-state index is 13.0. The Balaban J connectivity index is 1.56. The van der Waals surface area contributed by atoms with Crippen molar-refractivity contribution in [3.8, 4) is 0 Å². The molecule has 7 heteroatoms. The highest BCUT2D eigenvalue weighted by Gasteiger charge is 2.32. The molecule has 6 nitrogen and oxygen atoms in total. The minimum absolute atomic E-state index is 0.0189. The van der Waals surface area contributed by atoms with E-state index in [2.05, 4.69) is 6.92 Å². The summed E-state index contributed by atoms with van der Waals surface area (Å²) in [7, 11) is 0. The summed E-state index contributed by atoms with van der Waals surface area (Å²) < 4.78 is 1.82. The highest BCUT2D eigenvalue weighted by molar-refractivity contribution is 8.00. The zero-order chi connectivity index (χ0) is 19.0. The number of nitrogens with zero attached hydrogens (tertiary/aromatic N) is 3. The summed E-state index contributed by atoms with van der Waals surface area (Å²) in [5, 5.41) is 1.09. The van der Waals surface area contributed by atoms with Crippen LogP contribution in [-0.2, 0) is 4.79 Å². The van der Waals surface area contributed by atoms with Crippen molar-refractivity contribution in [1.29, 1.82) is 0 Å². The highest BCUT2D eigenvalue weighted by Crippen LogP contribution is 2.37. The highest BCUT2D eigenvalue weighted by atomic mass is 32.2. The number of aromatic nitrogens is 2. The van der Waals surface area contributed by atoms with Crippen molar-refractivity contribution in [3.05, 3.63) is 34.6 Å². The SMILES string of the molecule is CC[NH+]1CCN(C(=O)[C@H](C)Sc2nc3ccccc3c(=O)n2C2CC2)CC1. The second-order valence-electron chi connectivity index (χ2n) is 7.51. The molecule has 1 aliphatic heterocycles. The molecule has 4 rings (SSSR count). The van der Waals surface area contributed by atoms with E-state index in [0.717, 1.165) is 45.6 Å². The van der Waals surface area contributed by atoms with Gasteiger partial charge in [-0.25, -0.2) is 4.98 Å². The maximum atomic E-state index is 13.0. The molecule has 1 aromatic heterocycles. The van der Waals surface area contributed by atoms with E-state index in [4.69, 9.17) is 4.98 Å². The zero-order valence-corrected chi connectivity index (χ0v) is 16.8. The van der Waals surface area contributed by atoms with E-state index in [9.17, 15) is 9.59 Å². The van der Waals surface area contributed by atoms with Crippen LogP contribution in [-0.4, -0.2) is 58.3 Å². The van der Waals surface area contributed by atoms with Gasteiger partial charge in [-0.15, -0.1) is 0 Å². The lowest BCUT2D eigenvalue weighted by atomic mass is 10.2. The van der Waals surface area contributed by atoms with Gasteiger partial charge in [0, 0.05) is 6.04 Å². The molecule has 2 aliphatic rings. The smallest absolute Gasteiger partial charge is 0.262 e. The number of hydrogen-bond acceptors (Lipinski definition) is 4. The number of fused-ring (bicyclic) bond motifs is 1. The Morgan fingerprint density at radius 3 is 2.67 bits per heavy atom. The van der Waals surface area contributed by atoms with Crippen molar-refractivity contribution < 1.29 is 9.69 Å². The predicted octanol–water partition coefficient (Wildman–Crippen LogP) is 0.959. The molecule has 1 saturated carbocycles. The van der Waals surface area contributed by atoms with Gasteiger partial charge in [-0.1, -0.05) is 23.9 Å². The van der Waals surface area contributed by atoms with Gasteiger partial charge in [0.15, 0.2) is 5.16 Å². The molecule has 1 amide bonds. The fourth-order valence-corrected chi connectivity index (χ4v) is 4.79. The molecule has 1 aromatic carbocycles. The quantitative estimate of drug-likeness (QED) is 0.613. The first-order chi connectivity index (χ1) is 13.1. The first-order valence-electron chi connectivity index (χ1n) is 9.88. The number of carbonyl (C=O) groups is 1. The molecule has 2 fully saturated rings. The molecule has 0 unspecified atom stereocenters. The molecular formula is C20H27N4O2S+. The number of rotatable bonds is 5. The number of thioether (sulfide) groups is 1. The molecule has 2 heterocycles. The van der Waals surface area contributed by atoms with E-state index in [1.54, 1.807) is 4.90 Å². The third-order valence-electron chi connectivity index (χ3n) is 5.60. The third-order valence-corrected chi connectivity index (χ3v) is 6.65. The van der Waals surface area contributed by atoms with Crippen LogP contribution in [0.1, 0.15) is 32.7 Å². The van der Waals surface area contributed by atoms with E-state index >= 15 is 0 Å². The van der Waals surface area contributed by atoms with Crippen molar-refractivity contribution in [2.45, 2.75) is 43.1 Å². The Morgan fingerprint density at radius 2 is 2.00 bits per heavy atom. The van der Waals surface area contributed by atoms with E-state index in [0.29, 0.717) is 16.1 Å². The van der Waals surface area contributed by atoms with E-state index in [-0.39, 0.29) is 22.8 Å². The predicted molar refractivity (Wildman–Crippen MR) is 107 cm³/mol. The van der Waals surface area contributed by atoms with Crippen LogP contribution < -0.4 is 10.5 Å². The molecule has 1 atom stereocenters. The summed E-state index contributed by atoms with van der Waals surface area (Å²) in [4.78, 5) is 34.2. The van der Waals surface area contributed by atoms with Gasteiger partial charge in [-0.3, -0.25) is 14.2 Å². The molecule has 2 aromatic rings. The average molecular weight is 388 g/mol. The van der Waals surface area contributed by atoms with Crippen LogP contribution in [0, 0.1) is 0 Å². The average Bonchev–Trinajstić information content (AvgIpc) is 3.52. The number of likely N-dealkylation sites (N-methyl/N-ethyl adjacent to an activating group) is 1. The van der Waals surface area contributed by atoms with Crippen LogP contribution in [0.15, 0.2) is 34.2 Å². The van der Waals surface area contributed by atoms with Crippen LogP contribution in [0.3, 0.4) is 0 Å². The Bertz CT molecular complexity index is 900. The van der Waals surface area contributed by atoms with Crippen molar-refractivity contribution in [2.24, 2.45) is 0 Å². The molecule has 27 heavy (non-hydrogen) atoms. The number of quaternary nitrogens is 1. The van der Waals surface area contributed by atoms with Crippen molar-refractivity contribution in [3.63, 3.8) is 0 Å². The van der Waals surface area contributed by atoms with Gasteiger partial charge < -0.3 is 9.80 Å². The number of amides is 1. The maximum Gasteiger partial charge on any atom is 0.262 e. The van der Waals surface area contributed by atoms with E-state index in [1.165, 1.54) is 11.8 Å². The lowest BCUT2D eigenvalue weighted by Gasteiger charge is -2.33. The minimum Gasteiger partial charge on any atom is -0.332 e. The largest absolute Gasteiger partial charge is 0.332 e. The second kappa shape index (κ2) is 7.64. The summed E-state index contributed by atoms with van der Waals surface area (Å²) in [6.45, 7) is 8.89. The lowest BCUT2D eigenvalue weighted by Crippen LogP contribution is -3.14. The molecule has 1 aliphatic carbocycles. The van der Waals surface area contributed by atoms with Gasteiger partial charge in [-0.2, -0.15) is 0 Å². The molecule has 0 spiro atoms.